The molecule has 0 N–H and O–H groups in total. The van der Waals surface area contributed by atoms with Crippen molar-refractivity contribution < 1.29 is 9.53 Å². The minimum atomic E-state index is 0.146. The summed E-state index contributed by atoms with van der Waals surface area (Å²) in [5.74, 6) is 1.32. The topological polar surface area (TPSA) is 61.8 Å². The van der Waals surface area contributed by atoms with Crippen molar-refractivity contribution in [1.82, 2.24) is 15.1 Å². The highest BCUT2D eigenvalue weighted by Gasteiger charge is 2.29. The Labute approximate surface area is 137 Å². The van der Waals surface area contributed by atoms with Crippen molar-refractivity contribution in [1.29, 1.82) is 0 Å². The van der Waals surface area contributed by atoms with Gasteiger partial charge in [0, 0.05) is 65.5 Å². The summed E-state index contributed by atoms with van der Waals surface area (Å²) in [5.41, 5.74) is 1.04. The van der Waals surface area contributed by atoms with Gasteiger partial charge in [-0.2, -0.15) is 5.10 Å². The zero-order valence-electron chi connectivity index (χ0n) is 13.9. The van der Waals surface area contributed by atoms with Gasteiger partial charge in [-0.25, -0.2) is 0 Å². The molecule has 0 spiro atoms. The second kappa shape index (κ2) is 7.12. The minimum Gasteiger partial charge on any atom is -0.381 e. The summed E-state index contributed by atoms with van der Waals surface area (Å²) in [6, 6.07) is 2.04. The number of carbonyl (C=O) groups is 1. The van der Waals surface area contributed by atoms with Gasteiger partial charge < -0.3 is 19.4 Å². The van der Waals surface area contributed by atoms with Gasteiger partial charge in [0.25, 0.3) is 0 Å². The van der Waals surface area contributed by atoms with Crippen molar-refractivity contribution in [2.45, 2.75) is 12.8 Å². The number of anilines is 2. The maximum atomic E-state index is 12.6. The van der Waals surface area contributed by atoms with Gasteiger partial charge >= 0.3 is 0 Å². The number of nitrogens with zero attached hydrogens (tertiary/aromatic N) is 5. The fourth-order valence-corrected chi connectivity index (χ4v) is 3.10. The SMILES string of the molecule is CN(C)c1cnnc(N2CCN(C(=O)C3CCOCC3)CC2)c1. The van der Waals surface area contributed by atoms with Gasteiger partial charge in [0.2, 0.25) is 5.91 Å². The molecule has 2 saturated heterocycles. The molecule has 7 nitrogen and oxygen atoms in total. The largest absolute Gasteiger partial charge is 0.381 e. The van der Waals surface area contributed by atoms with Gasteiger partial charge in [-0.15, -0.1) is 5.10 Å². The molecule has 0 atom stereocenters. The van der Waals surface area contributed by atoms with Gasteiger partial charge in [-0.3, -0.25) is 4.79 Å². The first kappa shape index (κ1) is 16.0. The van der Waals surface area contributed by atoms with E-state index in [0.29, 0.717) is 19.1 Å². The highest BCUT2D eigenvalue weighted by Crippen LogP contribution is 2.21. The van der Waals surface area contributed by atoms with E-state index in [2.05, 4.69) is 15.1 Å². The number of amides is 1. The average Bonchev–Trinajstić information content (AvgIpc) is 2.62. The van der Waals surface area contributed by atoms with Crippen LogP contribution < -0.4 is 9.80 Å². The first-order chi connectivity index (χ1) is 11.1. The number of hydrogen-bond donors (Lipinski definition) is 0. The molecule has 23 heavy (non-hydrogen) atoms. The number of carbonyl (C=O) groups excluding carboxylic acids is 1. The molecule has 1 aromatic heterocycles. The van der Waals surface area contributed by atoms with Gasteiger partial charge in [-0.1, -0.05) is 0 Å². The lowest BCUT2D eigenvalue weighted by Gasteiger charge is -2.37. The van der Waals surface area contributed by atoms with E-state index >= 15 is 0 Å². The monoisotopic (exact) mass is 319 g/mol. The fourth-order valence-electron chi connectivity index (χ4n) is 3.10. The Bertz CT molecular complexity index is 537. The van der Waals surface area contributed by atoms with Crippen LogP contribution in [0.25, 0.3) is 0 Å². The number of hydrogen-bond acceptors (Lipinski definition) is 6. The van der Waals surface area contributed by atoms with E-state index < -0.39 is 0 Å². The van der Waals surface area contributed by atoms with Crippen LogP contribution in [0.5, 0.6) is 0 Å². The predicted molar refractivity (Wildman–Crippen MR) is 88.7 cm³/mol. The molecular formula is C16H25N5O2. The quantitative estimate of drug-likeness (QED) is 0.814. The lowest BCUT2D eigenvalue weighted by atomic mass is 9.98. The molecule has 2 fully saturated rings. The van der Waals surface area contributed by atoms with Crippen LogP contribution in [0, 0.1) is 5.92 Å². The summed E-state index contributed by atoms with van der Waals surface area (Å²) in [6.45, 7) is 4.54. The van der Waals surface area contributed by atoms with Crippen molar-refractivity contribution in [3.8, 4) is 0 Å². The van der Waals surface area contributed by atoms with Crippen LogP contribution in [0.4, 0.5) is 11.5 Å². The van der Waals surface area contributed by atoms with Crippen molar-refractivity contribution in [2.75, 3.05) is 63.3 Å². The molecular weight excluding hydrogens is 294 g/mol. The number of aromatic nitrogens is 2. The molecule has 2 aliphatic rings. The lowest BCUT2D eigenvalue weighted by Crippen LogP contribution is -2.51. The molecule has 3 heterocycles. The predicted octanol–water partition coefficient (Wildman–Crippen LogP) is 0.618. The zero-order chi connectivity index (χ0) is 16.2. The van der Waals surface area contributed by atoms with Crippen molar-refractivity contribution in [3.05, 3.63) is 12.3 Å². The number of piperazine rings is 1. The van der Waals surface area contributed by atoms with Crippen LogP contribution in [0.2, 0.25) is 0 Å². The first-order valence-corrected chi connectivity index (χ1v) is 8.26. The Kier molecular flexibility index (Phi) is 4.95. The maximum absolute atomic E-state index is 12.6. The molecule has 2 aliphatic heterocycles. The van der Waals surface area contributed by atoms with Crippen LogP contribution >= 0.6 is 0 Å². The summed E-state index contributed by atoms with van der Waals surface area (Å²) in [5, 5.41) is 8.32. The highest BCUT2D eigenvalue weighted by molar-refractivity contribution is 5.79. The molecule has 0 aliphatic carbocycles. The van der Waals surface area contributed by atoms with Crippen LogP contribution in [-0.2, 0) is 9.53 Å². The number of rotatable bonds is 3. The third kappa shape index (κ3) is 3.72. The van der Waals surface area contributed by atoms with E-state index in [4.69, 9.17) is 4.74 Å². The Morgan fingerprint density at radius 2 is 1.91 bits per heavy atom. The van der Waals surface area contributed by atoms with E-state index in [1.54, 1.807) is 6.20 Å². The zero-order valence-corrected chi connectivity index (χ0v) is 13.9. The molecule has 0 saturated carbocycles. The smallest absolute Gasteiger partial charge is 0.225 e. The van der Waals surface area contributed by atoms with E-state index in [1.807, 2.05) is 30.0 Å². The van der Waals surface area contributed by atoms with Crippen LogP contribution in [0.15, 0.2) is 12.3 Å². The summed E-state index contributed by atoms with van der Waals surface area (Å²) in [4.78, 5) is 18.8. The second-order valence-corrected chi connectivity index (χ2v) is 6.37. The molecule has 3 rings (SSSR count). The highest BCUT2D eigenvalue weighted by atomic mass is 16.5. The minimum absolute atomic E-state index is 0.146. The molecule has 1 aromatic rings. The second-order valence-electron chi connectivity index (χ2n) is 6.37. The van der Waals surface area contributed by atoms with E-state index in [0.717, 1.165) is 50.5 Å². The van der Waals surface area contributed by atoms with Gasteiger partial charge in [0.05, 0.1) is 11.9 Å². The molecule has 7 heteroatoms. The summed E-state index contributed by atoms with van der Waals surface area (Å²) >= 11 is 0. The van der Waals surface area contributed by atoms with Crippen molar-refractivity contribution in [3.63, 3.8) is 0 Å². The third-order valence-corrected chi connectivity index (χ3v) is 4.63. The Balaban J connectivity index is 1.57. The summed E-state index contributed by atoms with van der Waals surface area (Å²) in [6.07, 6.45) is 3.47. The van der Waals surface area contributed by atoms with Crippen molar-refractivity contribution in [2.24, 2.45) is 5.92 Å². The van der Waals surface area contributed by atoms with Crippen LogP contribution in [-0.4, -0.2) is 74.5 Å². The summed E-state index contributed by atoms with van der Waals surface area (Å²) in [7, 11) is 3.98. The van der Waals surface area contributed by atoms with Crippen LogP contribution in [0.1, 0.15) is 12.8 Å². The van der Waals surface area contributed by atoms with Crippen molar-refractivity contribution >= 4 is 17.4 Å². The molecule has 0 aromatic carbocycles. The van der Waals surface area contributed by atoms with Gasteiger partial charge in [-0.05, 0) is 12.8 Å². The van der Waals surface area contributed by atoms with Gasteiger partial charge in [0.1, 0.15) is 0 Å². The Morgan fingerprint density at radius 3 is 2.57 bits per heavy atom. The molecule has 0 unspecified atom stereocenters. The Hall–Kier alpha value is -1.89. The maximum Gasteiger partial charge on any atom is 0.225 e. The number of ether oxygens (including phenoxy) is 1. The standard InChI is InChI=1S/C16H25N5O2/c1-19(2)14-11-15(18-17-12-14)20-5-7-21(8-6-20)16(22)13-3-9-23-10-4-13/h11-13H,3-10H2,1-2H3. The molecule has 0 radical (unpaired) electrons. The lowest BCUT2D eigenvalue weighted by molar-refractivity contribution is -0.138. The Morgan fingerprint density at radius 1 is 1.22 bits per heavy atom. The van der Waals surface area contributed by atoms with Crippen LogP contribution in [0.3, 0.4) is 0 Å². The molecule has 1 amide bonds. The fraction of sp³-hybridized carbons (Fsp3) is 0.688. The third-order valence-electron chi connectivity index (χ3n) is 4.63. The summed E-state index contributed by atoms with van der Waals surface area (Å²) < 4.78 is 5.34. The molecule has 126 valence electrons. The van der Waals surface area contributed by atoms with E-state index in [-0.39, 0.29) is 5.92 Å². The average molecular weight is 319 g/mol. The first-order valence-electron chi connectivity index (χ1n) is 8.26. The van der Waals surface area contributed by atoms with E-state index in [9.17, 15) is 4.79 Å². The van der Waals surface area contributed by atoms with Gasteiger partial charge in [0.15, 0.2) is 5.82 Å². The molecule has 0 bridgehead atoms. The normalized spacial score (nSPS) is 19.7. The van der Waals surface area contributed by atoms with E-state index in [1.165, 1.54) is 0 Å².